The number of aliphatic imine (C=N–C) groups is 1. The highest BCUT2D eigenvalue weighted by Crippen LogP contribution is 2.34. The van der Waals surface area contributed by atoms with E-state index in [1.807, 2.05) is 30.3 Å². The normalized spacial score (nSPS) is 25.3. The molecule has 3 atom stereocenters. The van der Waals surface area contributed by atoms with Crippen LogP contribution in [0.3, 0.4) is 0 Å². The van der Waals surface area contributed by atoms with Gasteiger partial charge in [-0.3, -0.25) is 0 Å². The molecule has 2 aliphatic heterocycles. The molecule has 0 radical (unpaired) electrons. The zero-order valence-corrected chi connectivity index (χ0v) is 14.4. The van der Waals surface area contributed by atoms with Crippen LogP contribution < -0.4 is 10.6 Å². The molecule has 3 unspecified atom stereocenters. The molecule has 0 saturated carbocycles. The number of nitrogens with zero attached hydrogens (tertiary/aromatic N) is 2. The molecule has 25 heavy (non-hydrogen) atoms. The fourth-order valence-corrected chi connectivity index (χ4v) is 3.55. The van der Waals surface area contributed by atoms with Crippen molar-refractivity contribution >= 4 is 5.96 Å². The van der Waals surface area contributed by atoms with Crippen molar-refractivity contribution in [1.82, 2.24) is 15.6 Å². The Balaban J connectivity index is 1.40. The van der Waals surface area contributed by atoms with Crippen LogP contribution in [0, 0.1) is 0 Å². The molecule has 2 saturated heterocycles. The molecular weight excluding hydrogens is 316 g/mol. The number of nitrogens with one attached hydrogen (secondary N) is 2. The summed E-state index contributed by atoms with van der Waals surface area (Å²) in [4.78, 5) is 8.96. The van der Waals surface area contributed by atoms with E-state index in [0.717, 1.165) is 36.7 Å². The maximum atomic E-state index is 5.90. The first kappa shape index (κ1) is 16.1. The number of hydrogen-bond acceptors (Lipinski definition) is 4. The Morgan fingerprint density at radius 1 is 1.28 bits per heavy atom. The zero-order chi connectivity index (χ0) is 17.1. The molecule has 2 bridgehead atoms. The van der Waals surface area contributed by atoms with E-state index >= 15 is 0 Å². The molecule has 3 heterocycles. The molecule has 2 fully saturated rings. The van der Waals surface area contributed by atoms with Crippen molar-refractivity contribution in [3.63, 3.8) is 0 Å². The lowest BCUT2D eigenvalue weighted by atomic mass is 9.96. The molecule has 4 rings (SSSR count). The summed E-state index contributed by atoms with van der Waals surface area (Å²) < 4.78 is 11.7. The molecule has 2 aliphatic rings. The summed E-state index contributed by atoms with van der Waals surface area (Å²) in [5.74, 6) is 2.17. The maximum Gasteiger partial charge on any atom is 0.216 e. The molecule has 2 aromatic rings. The van der Waals surface area contributed by atoms with Gasteiger partial charge in [0.05, 0.1) is 24.4 Å². The Morgan fingerprint density at radius 3 is 2.88 bits per heavy atom. The number of aromatic nitrogens is 1. The van der Waals surface area contributed by atoms with Crippen LogP contribution in [0.4, 0.5) is 0 Å². The predicted molar refractivity (Wildman–Crippen MR) is 96.2 cm³/mol. The highest BCUT2D eigenvalue weighted by Gasteiger charge is 2.41. The highest BCUT2D eigenvalue weighted by molar-refractivity contribution is 5.80. The number of benzene rings is 1. The predicted octanol–water partition coefficient (Wildman–Crippen LogP) is 2.72. The van der Waals surface area contributed by atoms with E-state index in [9.17, 15) is 0 Å². The average molecular weight is 340 g/mol. The topological polar surface area (TPSA) is 71.7 Å². The second kappa shape index (κ2) is 7.27. The molecule has 1 aromatic heterocycles. The largest absolute Gasteiger partial charge is 0.439 e. The van der Waals surface area contributed by atoms with Crippen LogP contribution in [-0.2, 0) is 11.3 Å². The van der Waals surface area contributed by atoms with E-state index in [4.69, 9.17) is 9.15 Å². The van der Waals surface area contributed by atoms with Crippen LogP contribution in [0.2, 0.25) is 0 Å². The molecule has 6 heteroatoms. The SMILES string of the molecule is CCNC(=NCc1ncc(-c2ccccc2)o1)NC1CC2CCC1O2. The van der Waals surface area contributed by atoms with Crippen molar-refractivity contribution < 1.29 is 9.15 Å². The standard InChI is InChI=1S/C19H24N4O2/c1-2-20-19(23-15-10-14-8-9-16(15)24-14)22-12-18-21-11-17(25-18)13-6-4-3-5-7-13/h3-7,11,14-16H,2,8-10,12H2,1H3,(H2,20,22,23). The Morgan fingerprint density at radius 2 is 2.16 bits per heavy atom. The van der Waals surface area contributed by atoms with E-state index in [0.29, 0.717) is 30.7 Å². The van der Waals surface area contributed by atoms with E-state index in [-0.39, 0.29) is 0 Å². The van der Waals surface area contributed by atoms with Crippen molar-refractivity contribution in [3.05, 3.63) is 42.4 Å². The van der Waals surface area contributed by atoms with E-state index in [2.05, 4.69) is 27.5 Å². The summed E-state index contributed by atoms with van der Waals surface area (Å²) in [5.41, 5.74) is 1.02. The molecule has 2 N–H and O–H groups in total. The monoisotopic (exact) mass is 340 g/mol. The number of ether oxygens (including phenoxy) is 1. The van der Waals surface area contributed by atoms with Gasteiger partial charge in [0.1, 0.15) is 6.54 Å². The maximum absolute atomic E-state index is 5.90. The van der Waals surface area contributed by atoms with Gasteiger partial charge in [0.25, 0.3) is 0 Å². The minimum Gasteiger partial charge on any atom is -0.439 e. The van der Waals surface area contributed by atoms with Crippen LogP contribution in [0.5, 0.6) is 0 Å². The van der Waals surface area contributed by atoms with Gasteiger partial charge in [0.2, 0.25) is 5.89 Å². The minimum absolute atomic E-state index is 0.320. The number of guanidine groups is 1. The van der Waals surface area contributed by atoms with Crippen molar-refractivity contribution in [2.45, 2.75) is 51.0 Å². The molecule has 0 spiro atoms. The lowest BCUT2D eigenvalue weighted by Gasteiger charge is -2.22. The Bertz CT molecular complexity index is 728. The van der Waals surface area contributed by atoms with E-state index < -0.39 is 0 Å². The second-order valence-corrected chi connectivity index (χ2v) is 6.54. The molecule has 6 nitrogen and oxygen atoms in total. The third kappa shape index (κ3) is 3.69. The minimum atomic E-state index is 0.320. The van der Waals surface area contributed by atoms with E-state index in [1.54, 1.807) is 6.20 Å². The molecule has 1 aromatic carbocycles. The first-order chi connectivity index (χ1) is 12.3. The van der Waals surface area contributed by atoms with Crippen molar-refractivity contribution in [2.24, 2.45) is 4.99 Å². The number of fused-ring (bicyclic) bond motifs is 2. The highest BCUT2D eigenvalue weighted by atomic mass is 16.5. The number of hydrogen-bond donors (Lipinski definition) is 2. The first-order valence-electron chi connectivity index (χ1n) is 9.02. The van der Waals surface area contributed by atoms with Gasteiger partial charge in [-0.2, -0.15) is 0 Å². The van der Waals surface area contributed by atoms with Crippen LogP contribution in [0.15, 0.2) is 45.9 Å². The summed E-state index contributed by atoms with van der Waals surface area (Å²) >= 11 is 0. The lowest BCUT2D eigenvalue weighted by Crippen LogP contribution is -2.47. The summed E-state index contributed by atoms with van der Waals surface area (Å²) in [5, 5.41) is 6.79. The molecular formula is C19H24N4O2. The number of rotatable bonds is 5. The third-order valence-electron chi connectivity index (χ3n) is 4.76. The van der Waals surface area contributed by atoms with Gasteiger partial charge in [-0.15, -0.1) is 0 Å². The van der Waals surface area contributed by atoms with Crippen LogP contribution in [0.1, 0.15) is 32.1 Å². The number of oxazole rings is 1. The quantitative estimate of drug-likeness (QED) is 0.647. The van der Waals surface area contributed by atoms with Gasteiger partial charge in [0.15, 0.2) is 11.7 Å². The third-order valence-corrected chi connectivity index (χ3v) is 4.76. The van der Waals surface area contributed by atoms with Gasteiger partial charge < -0.3 is 19.8 Å². The van der Waals surface area contributed by atoms with Crippen molar-refractivity contribution in [3.8, 4) is 11.3 Å². The average Bonchev–Trinajstić information content (AvgIpc) is 3.37. The lowest BCUT2D eigenvalue weighted by molar-refractivity contribution is 0.0992. The van der Waals surface area contributed by atoms with Gasteiger partial charge in [-0.1, -0.05) is 30.3 Å². The molecule has 0 aliphatic carbocycles. The Hall–Kier alpha value is -2.34. The van der Waals surface area contributed by atoms with Crippen LogP contribution in [-0.4, -0.2) is 35.7 Å². The first-order valence-corrected chi connectivity index (χ1v) is 9.02. The van der Waals surface area contributed by atoms with Crippen molar-refractivity contribution in [1.29, 1.82) is 0 Å². The van der Waals surface area contributed by atoms with Crippen molar-refractivity contribution in [2.75, 3.05) is 6.54 Å². The fourth-order valence-electron chi connectivity index (χ4n) is 3.55. The second-order valence-electron chi connectivity index (χ2n) is 6.54. The van der Waals surface area contributed by atoms with Crippen LogP contribution in [0.25, 0.3) is 11.3 Å². The molecule has 132 valence electrons. The van der Waals surface area contributed by atoms with Crippen LogP contribution >= 0.6 is 0 Å². The summed E-state index contributed by atoms with van der Waals surface area (Å²) in [7, 11) is 0. The van der Waals surface area contributed by atoms with Gasteiger partial charge >= 0.3 is 0 Å². The zero-order valence-electron chi connectivity index (χ0n) is 14.4. The fraction of sp³-hybridized carbons (Fsp3) is 0.474. The molecule has 0 amide bonds. The van der Waals surface area contributed by atoms with Gasteiger partial charge in [-0.25, -0.2) is 9.98 Å². The van der Waals surface area contributed by atoms with E-state index in [1.165, 1.54) is 6.42 Å². The summed E-state index contributed by atoms with van der Waals surface area (Å²) in [6.07, 6.45) is 5.89. The Kier molecular flexibility index (Phi) is 4.70. The van der Waals surface area contributed by atoms with Gasteiger partial charge in [0, 0.05) is 12.1 Å². The van der Waals surface area contributed by atoms with Gasteiger partial charge in [-0.05, 0) is 26.2 Å². The smallest absolute Gasteiger partial charge is 0.216 e. The Labute approximate surface area is 147 Å². The summed E-state index contributed by atoms with van der Waals surface area (Å²) in [6, 6.07) is 10.3. The summed E-state index contributed by atoms with van der Waals surface area (Å²) in [6.45, 7) is 3.28.